The summed E-state index contributed by atoms with van der Waals surface area (Å²) in [5, 5.41) is 9.40. The van der Waals surface area contributed by atoms with Crippen LogP contribution < -0.4 is 0 Å². The Kier molecular flexibility index (Phi) is 3.08. The van der Waals surface area contributed by atoms with E-state index < -0.39 is 0 Å². The van der Waals surface area contributed by atoms with Crippen LogP contribution in [-0.2, 0) is 4.84 Å². The second-order valence-electron chi connectivity index (χ2n) is 2.38. The van der Waals surface area contributed by atoms with Crippen molar-refractivity contribution in [3.63, 3.8) is 0 Å². The maximum atomic E-state index is 9.40. The third kappa shape index (κ3) is 2.09. The first-order chi connectivity index (χ1) is 6.16. The van der Waals surface area contributed by atoms with Crippen molar-refractivity contribution in [2.75, 3.05) is 7.11 Å². The van der Waals surface area contributed by atoms with Gasteiger partial charge in [0.05, 0.1) is 4.26 Å². The number of aromatic nitrogens is 1. The normalized spacial score (nSPS) is 12.2. The molecule has 0 fully saturated rings. The molecule has 13 heavy (non-hydrogen) atoms. The number of halogens is 1. The van der Waals surface area contributed by atoms with Crippen molar-refractivity contribution in [1.82, 2.24) is 4.98 Å². The smallest absolute Gasteiger partial charge is 0.319 e. The van der Waals surface area contributed by atoms with Crippen LogP contribution in [0, 0.1) is 0 Å². The number of pyridine rings is 1. The van der Waals surface area contributed by atoms with E-state index in [4.69, 9.17) is 16.6 Å². The monoisotopic (exact) mass is 201 g/mol. The summed E-state index contributed by atoms with van der Waals surface area (Å²) in [6.07, 6.45) is 1.57. The van der Waals surface area contributed by atoms with E-state index in [2.05, 4.69) is 4.98 Å². The summed E-state index contributed by atoms with van der Waals surface area (Å²) in [7, 11) is 1.43. The molecule has 1 heterocycles. The molecule has 1 aromatic rings. The maximum Gasteiger partial charge on any atom is 0.319 e. The Morgan fingerprint density at radius 3 is 2.92 bits per heavy atom. The molecule has 0 radical (unpaired) electrons. The minimum Gasteiger partial charge on any atom is -0.505 e. The summed E-state index contributed by atoms with van der Waals surface area (Å²) in [6.45, 7) is 1.69. The van der Waals surface area contributed by atoms with E-state index in [-0.39, 0.29) is 5.75 Å². The SMILES string of the molecule is CO[N+](Cl)=C(C)c1ncccc1O. The molecule has 70 valence electrons. The number of rotatable bonds is 2. The highest BCUT2D eigenvalue weighted by Crippen LogP contribution is 2.13. The van der Waals surface area contributed by atoms with Crippen LogP contribution in [0.1, 0.15) is 12.6 Å². The van der Waals surface area contributed by atoms with E-state index in [1.165, 1.54) is 13.2 Å². The van der Waals surface area contributed by atoms with Gasteiger partial charge >= 0.3 is 11.8 Å². The van der Waals surface area contributed by atoms with Gasteiger partial charge in [0.2, 0.25) is 0 Å². The zero-order valence-electron chi connectivity index (χ0n) is 7.36. The quantitative estimate of drug-likeness (QED) is 0.446. The Hall–Kier alpha value is -1.29. The van der Waals surface area contributed by atoms with Gasteiger partial charge in [0.1, 0.15) is 5.75 Å². The zero-order valence-corrected chi connectivity index (χ0v) is 8.12. The van der Waals surface area contributed by atoms with Crippen molar-refractivity contribution in [2.24, 2.45) is 0 Å². The van der Waals surface area contributed by atoms with Gasteiger partial charge in [-0.05, 0) is 12.1 Å². The summed E-state index contributed by atoms with van der Waals surface area (Å²) in [5.41, 5.74) is 0.932. The van der Waals surface area contributed by atoms with E-state index >= 15 is 0 Å². The fourth-order valence-corrected chi connectivity index (χ4v) is 0.976. The summed E-state index contributed by atoms with van der Waals surface area (Å²) >= 11 is 5.65. The first kappa shape index (κ1) is 9.80. The van der Waals surface area contributed by atoms with Crippen molar-refractivity contribution in [3.05, 3.63) is 24.0 Å². The molecule has 0 amide bonds. The van der Waals surface area contributed by atoms with Crippen LogP contribution in [0.4, 0.5) is 0 Å². The Morgan fingerprint density at radius 2 is 2.38 bits per heavy atom. The fourth-order valence-electron chi connectivity index (χ4n) is 0.896. The lowest BCUT2D eigenvalue weighted by atomic mass is 10.2. The van der Waals surface area contributed by atoms with Gasteiger partial charge in [-0.2, -0.15) is 0 Å². The summed E-state index contributed by atoms with van der Waals surface area (Å²) < 4.78 is 1.02. The van der Waals surface area contributed by atoms with Crippen molar-refractivity contribution >= 4 is 17.5 Å². The van der Waals surface area contributed by atoms with Crippen LogP contribution in [0.5, 0.6) is 5.75 Å². The lowest BCUT2D eigenvalue weighted by Crippen LogP contribution is -2.11. The molecule has 0 aliphatic carbocycles. The molecule has 0 unspecified atom stereocenters. The number of hydrogen-bond acceptors (Lipinski definition) is 3. The third-order valence-electron chi connectivity index (χ3n) is 1.55. The molecule has 0 spiro atoms. The highest BCUT2D eigenvalue weighted by atomic mass is 35.5. The molecule has 0 saturated heterocycles. The van der Waals surface area contributed by atoms with Gasteiger partial charge < -0.3 is 5.11 Å². The van der Waals surface area contributed by atoms with E-state index in [0.717, 1.165) is 4.26 Å². The van der Waals surface area contributed by atoms with Crippen molar-refractivity contribution < 1.29 is 14.2 Å². The van der Waals surface area contributed by atoms with E-state index in [9.17, 15) is 5.11 Å². The molecule has 5 heteroatoms. The molecular formula is C8H10ClN2O2+. The molecular weight excluding hydrogens is 192 g/mol. The van der Waals surface area contributed by atoms with Gasteiger partial charge in [-0.15, -0.1) is 0 Å². The van der Waals surface area contributed by atoms with Crippen molar-refractivity contribution in [1.29, 1.82) is 0 Å². The molecule has 0 atom stereocenters. The van der Waals surface area contributed by atoms with Gasteiger partial charge in [0.15, 0.2) is 12.8 Å². The minimum atomic E-state index is 0.0719. The Morgan fingerprint density at radius 1 is 1.69 bits per heavy atom. The standard InChI is InChI=1S/C8H9ClN2O2/c1-6(11(9)13-2)8-7(12)4-3-5-10-8/h3-5H,1-2H3/p+1. The number of hydrogen-bond donors (Lipinski definition) is 1. The largest absolute Gasteiger partial charge is 0.505 e. The first-order valence-corrected chi connectivity index (χ1v) is 3.98. The van der Waals surface area contributed by atoms with Gasteiger partial charge in [0.25, 0.3) is 5.71 Å². The second-order valence-corrected chi connectivity index (χ2v) is 2.69. The Bertz CT molecular complexity index is 339. The summed E-state index contributed by atoms with van der Waals surface area (Å²) in [5.74, 6) is 0.0719. The van der Waals surface area contributed by atoms with E-state index in [0.29, 0.717) is 11.4 Å². The molecule has 1 aromatic heterocycles. The van der Waals surface area contributed by atoms with Crippen LogP contribution in [0.25, 0.3) is 0 Å². The highest BCUT2D eigenvalue weighted by Gasteiger charge is 2.17. The molecule has 1 N–H and O–H groups in total. The van der Waals surface area contributed by atoms with Crippen LogP contribution in [0.3, 0.4) is 0 Å². The van der Waals surface area contributed by atoms with Gasteiger partial charge in [-0.25, -0.2) is 4.98 Å². The predicted octanol–water partition coefficient (Wildman–Crippen LogP) is 1.32. The maximum absolute atomic E-state index is 9.40. The molecule has 0 bridgehead atoms. The Labute approximate surface area is 81.1 Å². The van der Waals surface area contributed by atoms with Gasteiger partial charge in [-0.3, -0.25) is 4.84 Å². The average molecular weight is 202 g/mol. The van der Waals surface area contributed by atoms with Crippen LogP contribution in [-0.4, -0.2) is 27.2 Å². The molecule has 0 aliphatic rings. The topological polar surface area (TPSA) is 45.4 Å². The summed E-state index contributed by atoms with van der Waals surface area (Å²) in [4.78, 5) is 8.69. The van der Waals surface area contributed by atoms with Crippen LogP contribution >= 0.6 is 11.8 Å². The molecule has 0 aromatic carbocycles. The number of aromatic hydroxyl groups is 1. The Balaban J connectivity index is 3.16. The van der Waals surface area contributed by atoms with Gasteiger partial charge in [0, 0.05) is 13.1 Å². The first-order valence-electron chi connectivity index (χ1n) is 3.64. The van der Waals surface area contributed by atoms with Crippen LogP contribution in [0.2, 0.25) is 0 Å². The average Bonchev–Trinajstić information content (AvgIpc) is 2.16. The van der Waals surface area contributed by atoms with Crippen molar-refractivity contribution in [3.8, 4) is 5.75 Å². The highest BCUT2D eigenvalue weighted by molar-refractivity contribution is 6.10. The number of nitrogens with zero attached hydrogens (tertiary/aromatic N) is 2. The van der Waals surface area contributed by atoms with E-state index in [1.54, 1.807) is 19.2 Å². The second kappa shape index (κ2) is 4.09. The van der Waals surface area contributed by atoms with Gasteiger partial charge in [-0.1, -0.05) is 0 Å². The lowest BCUT2D eigenvalue weighted by molar-refractivity contribution is -0.672. The minimum absolute atomic E-state index is 0.0719. The molecule has 1 rings (SSSR count). The van der Waals surface area contributed by atoms with Crippen LogP contribution in [0.15, 0.2) is 18.3 Å². The predicted molar refractivity (Wildman–Crippen MR) is 48.8 cm³/mol. The zero-order chi connectivity index (χ0) is 9.84. The lowest BCUT2D eigenvalue weighted by Gasteiger charge is -1.97. The molecule has 0 saturated carbocycles. The fraction of sp³-hybridized carbons (Fsp3) is 0.250. The van der Waals surface area contributed by atoms with Crippen molar-refractivity contribution in [2.45, 2.75) is 6.92 Å². The molecule has 0 aliphatic heterocycles. The third-order valence-corrected chi connectivity index (χ3v) is 1.94. The van der Waals surface area contributed by atoms with E-state index in [1.807, 2.05) is 0 Å². The molecule has 4 nitrogen and oxygen atoms in total. The summed E-state index contributed by atoms with van der Waals surface area (Å²) in [6, 6.07) is 3.17.